The summed E-state index contributed by atoms with van der Waals surface area (Å²) in [5, 5.41) is 0. The van der Waals surface area contributed by atoms with E-state index in [1.54, 1.807) is 0 Å². The largest absolute Gasteiger partial charge is 0.244 e. The molecule has 0 spiro atoms. The minimum atomic E-state index is 0.609. The molecule has 1 aromatic heterocycles. The molecule has 17 heavy (non-hydrogen) atoms. The van der Waals surface area contributed by atoms with Crippen LogP contribution in [0.5, 0.6) is 0 Å². The van der Waals surface area contributed by atoms with Gasteiger partial charge in [-0.2, -0.15) is 0 Å². The number of nitrogens with zero attached hydrogens (tertiary/aromatic N) is 2. The lowest BCUT2D eigenvalue weighted by Gasteiger charge is -2.05. The fourth-order valence-corrected chi connectivity index (χ4v) is 1.94. The van der Waals surface area contributed by atoms with Gasteiger partial charge in [0.2, 0.25) is 6.33 Å². The first kappa shape index (κ1) is 11.9. The smallest absolute Gasteiger partial charge is 0.237 e. The van der Waals surface area contributed by atoms with Crippen LogP contribution < -0.4 is 4.57 Å². The number of rotatable bonds is 4. The molecule has 0 fully saturated rings. The molecule has 2 heteroatoms. The summed E-state index contributed by atoms with van der Waals surface area (Å²) in [6, 6.07) is 8.92. The van der Waals surface area contributed by atoms with E-state index in [4.69, 9.17) is 0 Å². The van der Waals surface area contributed by atoms with E-state index >= 15 is 0 Å². The third kappa shape index (κ3) is 2.96. The van der Waals surface area contributed by atoms with E-state index in [9.17, 15) is 0 Å². The highest BCUT2D eigenvalue weighted by Gasteiger charge is 2.04. The standard InChI is InChI=1S/C15H21N2/c1-4-16-9-10-17(12-16)11-14-5-7-15(8-6-14)13(2)3/h5-10,12-13H,4,11H2,1-3H3/q+1. The van der Waals surface area contributed by atoms with Crippen molar-refractivity contribution in [2.75, 3.05) is 0 Å². The van der Waals surface area contributed by atoms with E-state index in [0.29, 0.717) is 5.92 Å². The Morgan fingerprint density at radius 2 is 1.88 bits per heavy atom. The zero-order valence-electron chi connectivity index (χ0n) is 10.9. The average molecular weight is 229 g/mol. The first-order valence-corrected chi connectivity index (χ1v) is 6.32. The van der Waals surface area contributed by atoms with Gasteiger partial charge in [-0.3, -0.25) is 0 Å². The molecule has 0 amide bonds. The second-order valence-corrected chi connectivity index (χ2v) is 4.81. The van der Waals surface area contributed by atoms with Gasteiger partial charge in [-0.15, -0.1) is 0 Å². The molecule has 0 atom stereocenters. The predicted molar refractivity (Wildman–Crippen MR) is 69.9 cm³/mol. The van der Waals surface area contributed by atoms with Crippen molar-refractivity contribution >= 4 is 0 Å². The summed E-state index contributed by atoms with van der Waals surface area (Å²) in [4.78, 5) is 0. The Bertz CT molecular complexity index is 466. The highest BCUT2D eigenvalue weighted by molar-refractivity contribution is 5.24. The Balaban J connectivity index is 2.08. The van der Waals surface area contributed by atoms with Gasteiger partial charge >= 0.3 is 0 Å². The molecule has 2 nitrogen and oxygen atoms in total. The topological polar surface area (TPSA) is 8.81 Å². The zero-order chi connectivity index (χ0) is 12.3. The third-order valence-corrected chi connectivity index (χ3v) is 3.12. The second-order valence-electron chi connectivity index (χ2n) is 4.81. The molecule has 0 aliphatic heterocycles. The predicted octanol–water partition coefficient (Wildman–Crippen LogP) is 2.97. The number of aryl methyl sites for hydroxylation is 1. The van der Waals surface area contributed by atoms with Crippen LogP contribution >= 0.6 is 0 Å². The van der Waals surface area contributed by atoms with Gasteiger partial charge in [0.1, 0.15) is 18.9 Å². The van der Waals surface area contributed by atoms with Crippen molar-refractivity contribution in [3.63, 3.8) is 0 Å². The minimum Gasteiger partial charge on any atom is -0.237 e. The van der Waals surface area contributed by atoms with E-state index in [0.717, 1.165) is 13.1 Å². The Morgan fingerprint density at radius 1 is 1.18 bits per heavy atom. The van der Waals surface area contributed by atoms with Crippen LogP contribution in [0, 0.1) is 0 Å². The van der Waals surface area contributed by atoms with E-state index in [1.165, 1.54) is 11.1 Å². The molecular formula is C15H21N2+. The molecule has 0 aliphatic rings. The lowest BCUT2D eigenvalue weighted by Crippen LogP contribution is -2.31. The van der Waals surface area contributed by atoms with E-state index < -0.39 is 0 Å². The molecule has 0 saturated heterocycles. The van der Waals surface area contributed by atoms with Crippen LogP contribution in [0.4, 0.5) is 0 Å². The van der Waals surface area contributed by atoms with E-state index in [-0.39, 0.29) is 0 Å². The average Bonchev–Trinajstić information content (AvgIpc) is 2.77. The van der Waals surface area contributed by atoms with Gasteiger partial charge in [-0.25, -0.2) is 9.13 Å². The summed E-state index contributed by atoms with van der Waals surface area (Å²) < 4.78 is 4.40. The van der Waals surface area contributed by atoms with Gasteiger partial charge in [0, 0.05) is 0 Å². The van der Waals surface area contributed by atoms with Crippen LogP contribution in [0.1, 0.15) is 37.8 Å². The molecule has 0 aliphatic carbocycles. The van der Waals surface area contributed by atoms with Gasteiger partial charge in [-0.05, 0) is 24.0 Å². The van der Waals surface area contributed by atoms with Crippen LogP contribution in [0.15, 0.2) is 43.0 Å². The minimum absolute atomic E-state index is 0.609. The molecule has 2 rings (SSSR count). The van der Waals surface area contributed by atoms with Gasteiger partial charge in [0.05, 0.1) is 6.54 Å². The quantitative estimate of drug-likeness (QED) is 0.713. The van der Waals surface area contributed by atoms with Crippen LogP contribution in [0.25, 0.3) is 0 Å². The second kappa shape index (κ2) is 5.17. The monoisotopic (exact) mass is 229 g/mol. The Labute approximate surface area is 104 Å². The molecule has 1 aromatic carbocycles. The number of aromatic nitrogens is 2. The Kier molecular flexibility index (Phi) is 3.62. The number of hydrogen-bond acceptors (Lipinski definition) is 0. The lowest BCUT2D eigenvalue weighted by atomic mass is 10.0. The fourth-order valence-electron chi connectivity index (χ4n) is 1.94. The summed E-state index contributed by atoms with van der Waals surface area (Å²) in [6.45, 7) is 8.59. The molecule has 1 heterocycles. The highest BCUT2D eigenvalue weighted by atomic mass is 15.1. The number of imidazole rings is 1. The summed E-state index contributed by atoms with van der Waals surface area (Å²) in [5.41, 5.74) is 2.76. The summed E-state index contributed by atoms with van der Waals surface area (Å²) in [5.74, 6) is 0.609. The van der Waals surface area contributed by atoms with Crippen molar-refractivity contribution in [2.45, 2.75) is 39.8 Å². The summed E-state index contributed by atoms with van der Waals surface area (Å²) in [7, 11) is 0. The van der Waals surface area contributed by atoms with Gasteiger partial charge in [-0.1, -0.05) is 38.1 Å². The molecule has 0 radical (unpaired) electrons. The Morgan fingerprint density at radius 3 is 2.41 bits per heavy atom. The zero-order valence-corrected chi connectivity index (χ0v) is 10.9. The highest BCUT2D eigenvalue weighted by Crippen LogP contribution is 2.14. The molecule has 0 bridgehead atoms. The number of benzene rings is 1. The first-order chi connectivity index (χ1) is 8.19. The van der Waals surface area contributed by atoms with Gasteiger partial charge in [0.15, 0.2) is 0 Å². The molecule has 0 saturated carbocycles. The van der Waals surface area contributed by atoms with Crippen molar-refractivity contribution in [2.24, 2.45) is 0 Å². The van der Waals surface area contributed by atoms with Crippen molar-refractivity contribution in [3.05, 3.63) is 54.1 Å². The maximum atomic E-state index is 2.23. The van der Waals surface area contributed by atoms with Crippen molar-refractivity contribution in [3.8, 4) is 0 Å². The maximum absolute atomic E-state index is 2.23. The molecule has 0 unspecified atom stereocenters. The van der Waals surface area contributed by atoms with Crippen LogP contribution in [0.3, 0.4) is 0 Å². The molecule has 90 valence electrons. The van der Waals surface area contributed by atoms with E-state index in [2.05, 4.69) is 72.9 Å². The van der Waals surface area contributed by atoms with Crippen LogP contribution in [0.2, 0.25) is 0 Å². The normalized spacial score (nSPS) is 11.1. The molecular weight excluding hydrogens is 208 g/mol. The first-order valence-electron chi connectivity index (χ1n) is 6.32. The van der Waals surface area contributed by atoms with Crippen LogP contribution in [-0.4, -0.2) is 4.57 Å². The van der Waals surface area contributed by atoms with Crippen molar-refractivity contribution in [1.29, 1.82) is 0 Å². The van der Waals surface area contributed by atoms with Crippen molar-refractivity contribution in [1.82, 2.24) is 4.57 Å². The molecule has 2 aromatic rings. The van der Waals surface area contributed by atoms with Gasteiger partial charge in [0.25, 0.3) is 0 Å². The van der Waals surface area contributed by atoms with E-state index in [1.807, 2.05) is 0 Å². The van der Waals surface area contributed by atoms with Crippen LogP contribution in [-0.2, 0) is 13.1 Å². The summed E-state index contributed by atoms with van der Waals surface area (Å²) in [6.07, 6.45) is 6.39. The van der Waals surface area contributed by atoms with Gasteiger partial charge < -0.3 is 0 Å². The fraction of sp³-hybridized carbons (Fsp3) is 0.400. The molecule has 0 N–H and O–H groups in total. The van der Waals surface area contributed by atoms with Crippen molar-refractivity contribution < 1.29 is 4.57 Å². The maximum Gasteiger partial charge on any atom is 0.244 e. The lowest BCUT2D eigenvalue weighted by molar-refractivity contribution is -0.687. The SMILES string of the molecule is CCn1cc[n+](Cc2ccc(C(C)C)cc2)c1. The summed E-state index contributed by atoms with van der Waals surface area (Å²) >= 11 is 0. The number of hydrogen-bond donors (Lipinski definition) is 0. The Hall–Kier alpha value is -1.57. The third-order valence-electron chi connectivity index (χ3n) is 3.12.